The van der Waals surface area contributed by atoms with Crippen LogP contribution in [0, 0.1) is 0 Å². The summed E-state index contributed by atoms with van der Waals surface area (Å²) in [4.78, 5) is 4.20. The van der Waals surface area contributed by atoms with Gasteiger partial charge >= 0.3 is 0 Å². The van der Waals surface area contributed by atoms with Gasteiger partial charge in [-0.05, 0) is 0 Å². The first kappa shape index (κ1) is 10.8. The number of aliphatic hydroxyl groups is 4. The van der Waals surface area contributed by atoms with Gasteiger partial charge in [0.15, 0.2) is 0 Å². The molecular weight excluding hydrogens is 182 g/mol. The Bertz CT molecular complexity index is 147. The molecule has 1 saturated heterocycles. The van der Waals surface area contributed by atoms with E-state index in [1.807, 2.05) is 0 Å². The molecule has 1 rings (SSSR count). The van der Waals surface area contributed by atoms with Gasteiger partial charge in [-0.3, -0.25) is 4.84 Å². The standard InChI is InChI=1S/C6H13NO6/c7-13-6-5(11)4(10)3(9)2(1-8)12-6/h2-6,8-11H,1,7H2/t2-,3+,4-,5-,6?/m1/s1. The van der Waals surface area contributed by atoms with E-state index in [0.717, 1.165) is 0 Å². The van der Waals surface area contributed by atoms with Crippen LogP contribution in [0.4, 0.5) is 0 Å². The Morgan fingerprint density at radius 1 is 1.15 bits per heavy atom. The van der Waals surface area contributed by atoms with E-state index in [9.17, 15) is 15.3 Å². The summed E-state index contributed by atoms with van der Waals surface area (Å²) < 4.78 is 4.82. The first-order chi connectivity index (χ1) is 6.11. The summed E-state index contributed by atoms with van der Waals surface area (Å²) in [5.41, 5.74) is 0. The molecule has 0 aromatic heterocycles. The Hall–Kier alpha value is -0.280. The summed E-state index contributed by atoms with van der Waals surface area (Å²) >= 11 is 0. The second kappa shape index (κ2) is 4.29. The summed E-state index contributed by atoms with van der Waals surface area (Å²) in [6, 6.07) is 0. The minimum atomic E-state index is -1.44. The summed E-state index contributed by atoms with van der Waals surface area (Å²) in [5, 5.41) is 36.4. The Labute approximate surface area is 74.3 Å². The third-order valence-electron chi connectivity index (χ3n) is 1.98. The van der Waals surface area contributed by atoms with E-state index in [4.69, 9.17) is 15.7 Å². The van der Waals surface area contributed by atoms with E-state index < -0.39 is 37.3 Å². The Morgan fingerprint density at radius 2 is 1.77 bits per heavy atom. The lowest BCUT2D eigenvalue weighted by Crippen LogP contribution is -2.59. The predicted molar refractivity (Wildman–Crippen MR) is 39.0 cm³/mol. The first-order valence-corrected chi connectivity index (χ1v) is 3.78. The van der Waals surface area contributed by atoms with Crippen LogP contribution in [0.5, 0.6) is 0 Å². The minimum Gasteiger partial charge on any atom is -0.394 e. The van der Waals surface area contributed by atoms with Crippen LogP contribution in [0.3, 0.4) is 0 Å². The molecule has 1 heterocycles. The van der Waals surface area contributed by atoms with Crippen LogP contribution in [0.25, 0.3) is 0 Å². The number of rotatable bonds is 2. The molecule has 0 saturated carbocycles. The van der Waals surface area contributed by atoms with Gasteiger partial charge in [-0.1, -0.05) is 0 Å². The maximum atomic E-state index is 9.23. The van der Waals surface area contributed by atoms with E-state index in [2.05, 4.69) is 4.84 Å². The number of ether oxygens (including phenoxy) is 1. The average molecular weight is 195 g/mol. The molecule has 1 aliphatic rings. The quantitative estimate of drug-likeness (QED) is 0.292. The van der Waals surface area contributed by atoms with Crippen molar-refractivity contribution in [3.8, 4) is 0 Å². The molecular formula is C6H13NO6. The number of hydrogen-bond donors (Lipinski definition) is 5. The number of aliphatic hydroxyl groups excluding tert-OH is 4. The maximum Gasteiger partial charge on any atom is 0.206 e. The van der Waals surface area contributed by atoms with Crippen LogP contribution >= 0.6 is 0 Å². The molecule has 0 spiro atoms. The summed E-state index contributed by atoms with van der Waals surface area (Å²) in [7, 11) is 0. The van der Waals surface area contributed by atoms with Gasteiger partial charge < -0.3 is 25.2 Å². The highest BCUT2D eigenvalue weighted by atomic mass is 16.8. The highest BCUT2D eigenvalue weighted by molar-refractivity contribution is 4.88. The van der Waals surface area contributed by atoms with E-state index in [1.165, 1.54) is 0 Å². The third kappa shape index (κ3) is 1.97. The van der Waals surface area contributed by atoms with Crippen LogP contribution in [-0.2, 0) is 9.57 Å². The van der Waals surface area contributed by atoms with Gasteiger partial charge in [-0.2, -0.15) is 0 Å². The van der Waals surface area contributed by atoms with E-state index in [0.29, 0.717) is 0 Å². The zero-order chi connectivity index (χ0) is 10.0. The van der Waals surface area contributed by atoms with Crippen LogP contribution in [0.2, 0.25) is 0 Å². The van der Waals surface area contributed by atoms with Gasteiger partial charge in [0.05, 0.1) is 6.61 Å². The van der Waals surface area contributed by atoms with Gasteiger partial charge in [-0.25, -0.2) is 5.90 Å². The van der Waals surface area contributed by atoms with Gasteiger partial charge in [0.1, 0.15) is 24.4 Å². The van der Waals surface area contributed by atoms with Gasteiger partial charge in [0.2, 0.25) is 6.29 Å². The molecule has 5 atom stereocenters. The smallest absolute Gasteiger partial charge is 0.206 e. The van der Waals surface area contributed by atoms with Gasteiger partial charge in [-0.15, -0.1) is 0 Å². The second-order valence-electron chi connectivity index (χ2n) is 2.83. The van der Waals surface area contributed by atoms with E-state index in [1.54, 1.807) is 0 Å². The van der Waals surface area contributed by atoms with Crippen molar-refractivity contribution < 1.29 is 30.0 Å². The molecule has 0 radical (unpaired) electrons. The zero-order valence-corrected chi connectivity index (χ0v) is 6.78. The molecule has 6 N–H and O–H groups in total. The van der Waals surface area contributed by atoms with Crippen LogP contribution < -0.4 is 5.90 Å². The predicted octanol–water partition coefficient (Wildman–Crippen LogP) is -3.32. The molecule has 7 heteroatoms. The second-order valence-corrected chi connectivity index (χ2v) is 2.83. The van der Waals surface area contributed by atoms with Crippen molar-refractivity contribution in [1.82, 2.24) is 0 Å². The lowest BCUT2D eigenvalue weighted by molar-refractivity contribution is -0.302. The number of hydrogen-bond acceptors (Lipinski definition) is 7. The molecule has 0 aromatic carbocycles. The molecule has 1 aliphatic heterocycles. The topological polar surface area (TPSA) is 125 Å². The SMILES string of the molecule is NOC1O[C@H](CO)[C@H](O)[C@@H](O)[C@H]1O. The molecule has 1 unspecified atom stereocenters. The van der Waals surface area contributed by atoms with E-state index in [-0.39, 0.29) is 0 Å². The van der Waals surface area contributed by atoms with Crippen LogP contribution in [-0.4, -0.2) is 57.7 Å². The van der Waals surface area contributed by atoms with Crippen molar-refractivity contribution in [2.45, 2.75) is 30.7 Å². The molecule has 13 heavy (non-hydrogen) atoms. The minimum absolute atomic E-state index is 0.495. The third-order valence-corrected chi connectivity index (χ3v) is 1.98. The fourth-order valence-electron chi connectivity index (χ4n) is 1.18. The molecule has 0 amide bonds. The monoisotopic (exact) mass is 195 g/mol. The average Bonchev–Trinajstić information content (AvgIpc) is 2.15. The summed E-state index contributed by atoms with van der Waals surface area (Å²) in [6.07, 6.45) is -6.48. The Kier molecular flexibility index (Phi) is 3.56. The molecule has 1 fully saturated rings. The lowest BCUT2D eigenvalue weighted by atomic mass is 9.99. The van der Waals surface area contributed by atoms with Gasteiger partial charge in [0, 0.05) is 0 Å². The zero-order valence-electron chi connectivity index (χ0n) is 6.78. The molecule has 0 aromatic rings. The van der Waals surface area contributed by atoms with Crippen LogP contribution in [0.1, 0.15) is 0 Å². The van der Waals surface area contributed by atoms with Crippen molar-refractivity contribution >= 4 is 0 Å². The van der Waals surface area contributed by atoms with Crippen molar-refractivity contribution in [1.29, 1.82) is 0 Å². The van der Waals surface area contributed by atoms with Crippen molar-refractivity contribution in [3.63, 3.8) is 0 Å². The first-order valence-electron chi connectivity index (χ1n) is 3.78. The van der Waals surface area contributed by atoms with Crippen molar-refractivity contribution in [2.75, 3.05) is 6.61 Å². The van der Waals surface area contributed by atoms with Crippen molar-refractivity contribution in [2.24, 2.45) is 5.90 Å². The fourth-order valence-corrected chi connectivity index (χ4v) is 1.18. The normalized spacial score (nSPS) is 46.4. The van der Waals surface area contributed by atoms with E-state index >= 15 is 0 Å². The lowest BCUT2D eigenvalue weighted by Gasteiger charge is -2.38. The highest BCUT2D eigenvalue weighted by Gasteiger charge is 2.43. The Morgan fingerprint density at radius 3 is 2.23 bits per heavy atom. The number of nitrogens with two attached hydrogens (primary N) is 1. The highest BCUT2D eigenvalue weighted by Crippen LogP contribution is 2.20. The van der Waals surface area contributed by atoms with Gasteiger partial charge in [0.25, 0.3) is 0 Å². The summed E-state index contributed by atoms with van der Waals surface area (Å²) in [5.74, 6) is 4.76. The largest absolute Gasteiger partial charge is 0.394 e. The molecule has 0 bridgehead atoms. The molecule has 7 nitrogen and oxygen atoms in total. The maximum absolute atomic E-state index is 9.23. The molecule has 78 valence electrons. The summed E-state index contributed by atoms with van der Waals surface area (Å²) in [6.45, 7) is -0.495. The Balaban J connectivity index is 2.66. The van der Waals surface area contributed by atoms with Crippen LogP contribution in [0.15, 0.2) is 0 Å². The van der Waals surface area contributed by atoms with Crippen molar-refractivity contribution in [3.05, 3.63) is 0 Å². The molecule has 0 aliphatic carbocycles. The fraction of sp³-hybridized carbons (Fsp3) is 1.00.